The smallest absolute Gasteiger partial charge is 0.330 e. The Morgan fingerprint density at radius 3 is 1.71 bits per heavy atom. The molecule has 0 fully saturated rings. The highest BCUT2D eigenvalue weighted by Gasteiger charge is 1.94. The summed E-state index contributed by atoms with van der Waals surface area (Å²) >= 11 is 0. The molecule has 2 aromatic carbocycles. The quantitative estimate of drug-likeness (QED) is 0.796. The third-order valence-corrected chi connectivity index (χ3v) is 2.77. The van der Waals surface area contributed by atoms with Crippen LogP contribution < -0.4 is 0 Å². The Bertz CT molecular complexity index is 704. The van der Waals surface area contributed by atoms with E-state index < -0.39 is 11.9 Å². The predicted molar refractivity (Wildman–Crippen MR) is 98.9 cm³/mol. The third-order valence-electron chi connectivity index (χ3n) is 2.77. The molecule has 0 bridgehead atoms. The van der Waals surface area contributed by atoms with E-state index in [1.165, 1.54) is 30.2 Å². The van der Waals surface area contributed by atoms with Crippen LogP contribution in [0.4, 0.5) is 0 Å². The van der Waals surface area contributed by atoms with Gasteiger partial charge in [-0.15, -0.1) is 0 Å². The standard InChI is InChI=1S/C12H10.2C4H6O2/c1-2-10-7-5-8-11-6-3-4-9-12(10)11;2*1-3(2)4(5)6/h2-9H,1H2;2*1H2,2H3,(H,5,6). The lowest BCUT2D eigenvalue weighted by Gasteiger charge is -1.99. The highest BCUT2D eigenvalue weighted by Crippen LogP contribution is 2.18. The number of hydrogen-bond acceptors (Lipinski definition) is 2. The van der Waals surface area contributed by atoms with E-state index in [2.05, 4.69) is 62.2 Å². The Labute approximate surface area is 142 Å². The van der Waals surface area contributed by atoms with Crippen LogP contribution in [0.15, 0.2) is 73.3 Å². The first-order valence-electron chi connectivity index (χ1n) is 7.08. The molecule has 0 aliphatic carbocycles. The summed E-state index contributed by atoms with van der Waals surface area (Å²) in [6.45, 7) is 13.0. The molecule has 0 spiro atoms. The van der Waals surface area contributed by atoms with Crippen LogP contribution in [0, 0.1) is 0 Å². The summed E-state index contributed by atoms with van der Waals surface area (Å²) in [6.07, 6.45) is 1.89. The van der Waals surface area contributed by atoms with Crippen LogP contribution in [0.2, 0.25) is 0 Å². The van der Waals surface area contributed by atoms with Gasteiger partial charge in [0.15, 0.2) is 0 Å². The monoisotopic (exact) mass is 326 g/mol. The molecule has 126 valence electrons. The Balaban J connectivity index is 0.000000377. The van der Waals surface area contributed by atoms with Gasteiger partial charge >= 0.3 is 11.9 Å². The predicted octanol–water partition coefficient (Wildman–Crippen LogP) is 4.78. The molecule has 2 aromatic rings. The maximum atomic E-state index is 9.60. The molecule has 0 radical (unpaired) electrons. The van der Waals surface area contributed by atoms with E-state index in [0.717, 1.165) is 0 Å². The fourth-order valence-corrected chi connectivity index (χ4v) is 1.43. The van der Waals surface area contributed by atoms with Crippen LogP contribution in [0.25, 0.3) is 16.8 Å². The minimum absolute atomic E-state index is 0.176. The second-order valence-electron chi connectivity index (χ2n) is 4.94. The Morgan fingerprint density at radius 2 is 1.29 bits per heavy atom. The largest absolute Gasteiger partial charge is 0.478 e. The second-order valence-corrected chi connectivity index (χ2v) is 4.94. The lowest BCUT2D eigenvalue weighted by Crippen LogP contribution is -1.92. The molecule has 0 aliphatic rings. The molecule has 2 rings (SSSR count). The van der Waals surface area contributed by atoms with E-state index in [0.29, 0.717) is 0 Å². The van der Waals surface area contributed by atoms with E-state index in [-0.39, 0.29) is 11.1 Å². The molecule has 4 heteroatoms. The Morgan fingerprint density at radius 1 is 0.875 bits per heavy atom. The third kappa shape index (κ3) is 7.75. The van der Waals surface area contributed by atoms with Gasteiger partial charge in [0.1, 0.15) is 0 Å². The molecule has 2 N–H and O–H groups in total. The van der Waals surface area contributed by atoms with E-state index in [4.69, 9.17) is 10.2 Å². The molecule has 0 aromatic heterocycles. The fourth-order valence-electron chi connectivity index (χ4n) is 1.43. The molecular weight excluding hydrogens is 304 g/mol. The summed E-state index contributed by atoms with van der Waals surface area (Å²) < 4.78 is 0. The maximum Gasteiger partial charge on any atom is 0.330 e. The molecule has 0 aliphatic heterocycles. The van der Waals surface area contributed by atoms with Crippen molar-refractivity contribution in [2.24, 2.45) is 0 Å². The minimum atomic E-state index is -0.935. The van der Waals surface area contributed by atoms with Gasteiger partial charge in [0, 0.05) is 11.1 Å². The number of fused-ring (bicyclic) bond motifs is 1. The topological polar surface area (TPSA) is 74.6 Å². The molecule has 0 saturated heterocycles. The average Bonchev–Trinajstić information content (AvgIpc) is 2.55. The van der Waals surface area contributed by atoms with Crippen molar-refractivity contribution in [3.05, 3.63) is 78.9 Å². The van der Waals surface area contributed by atoms with Gasteiger partial charge in [-0.05, 0) is 30.2 Å². The normalized spacial score (nSPS) is 8.75. The van der Waals surface area contributed by atoms with Gasteiger partial charge in [-0.1, -0.05) is 68.3 Å². The van der Waals surface area contributed by atoms with Gasteiger partial charge in [0.25, 0.3) is 0 Å². The summed E-state index contributed by atoms with van der Waals surface area (Å²) in [5, 5.41) is 18.3. The molecule has 4 nitrogen and oxygen atoms in total. The first-order chi connectivity index (χ1) is 11.2. The van der Waals surface area contributed by atoms with Gasteiger partial charge < -0.3 is 10.2 Å². The van der Waals surface area contributed by atoms with E-state index in [9.17, 15) is 9.59 Å². The number of benzene rings is 2. The molecule has 0 atom stereocenters. The van der Waals surface area contributed by atoms with Crippen molar-refractivity contribution in [3.8, 4) is 0 Å². The summed E-state index contributed by atoms with van der Waals surface area (Å²) in [4.78, 5) is 19.2. The summed E-state index contributed by atoms with van der Waals surface area (Å²) in [7, 11) is 0. The van der Waals surface area contributed by atoms with Crippen molar-refractivity contribution in [2.75, 3.05) is 0 Å². The van der Waals surface area contributed by atoms with Gasteiger partial charge in [0.05, 0.1) is 0 Å². The first kappa shape index (κ1) is 20.9. The van der Waals surface area contributed by atoms with E-state index in [1.54, 1.807) is 0 Å². The maximum absolute atomic E-state index is 9.60. The van der Waals surface area contributed by atoms with Gasteiger partial charge in [-0.25, -0.2) is 9.59 Å². The van der Waals surface area contributed by atoms with Crippen LogP contribution >= 0.6 is 0 Å². The van der Waals surface area contributed by atoms with Gasteiger partial charge in [-0.3, -0.25) is 0 Å². The summed E-state index contributed by atoms with van der Waals surface area (Å²) in [5.74, 6) is -1.87. The number of carboxylic acid groups (broad SMARTS) is 2. The highest BCUT2D eigenvalue weighted by atomic mass is 16.4. The van der Waals surface area contributed by atoms with Crippen LogP contribution in [0.5, 0.6) is 0 Å². The van der Waals surface area contributed by atoms with Crippen LogP contribution in [0.1, 0.15) is 19.4 Å². The Hall–Kier alpha value is -3.14. The van der Waals surface area contributed by atoms with Crippen molar-refractivity contribution in [3.63, 3.8) is 0 Å². The van der Waals surface area contributed by atoms with Gasteiger partial charge in [-0.2, -0.15) is 0 Å². The van der Waals surface area contributed by atoms with Crippen LogP contribution in [-0.2, 0) is 9.59 Å². The number of hydrogen-bond donors (Lipinski definition) is 2. The van der Waals surface area contributed by atoms with Crippen LogP contribution in [-0.4, -0.2) is 22.2 Å². The minimum Gasteiger partial charge on any atom is -0.478 e. The van der Waals surface area contributed by atoms with E-state index >= 15 is 0 Å². The molecular formula is C20H22O4. The van der Waals surface area contributed by atoms with Crippen molar-refractivity contribution >= 4 is 28.8 Å². The lowest BCUT2D eigenvalue weighted by molar-refractivity contribution is -0.133. The first-order valence-corrected chi connectivity index (χ1v) is 7.08. The summed E-state index contributed by atoms with van der Waals surface area (Å²) in [5.41, 5.74) is 1.55. The zero-order valence-corrected chi connectivity index (χ0v) is 14.0. The molecule has 0 unspecified atom stereocenters. The number of carbonyl (C=O) groups is 2. The lowest BCUT2D eigenvalue weighted by atomic mass is 10.1. The molecule has 24 heavy (non-hydrogen) atoms. The average molecular weight is 326 g/mol. The molecule has 0 heterocycles. The van der Waals surface area contributed by atoms with Crippen molar-refractivity contribution in [2.45, 2.75) is 13.8 Å². The SMILES string of the molecule is C=C(C)C(=O)O.C=C(C)C(=O)O.C=Cc1cccc2ccccc12. The molecule has 0 amide bonds. The Kier molecular flexibility index (Phi) is 9.18. The van der Waals surface area contributed by atoms with Crippen LogP contribution in [0.3, 0.4) is 0 Å². The fraction of sp³-hybridized carbons (Fsp3) is 0.100. The zero-order chi connectivity index (χ0) is 18.7. The highest BCUT2D eigenvalue weighted by molar-refractivity contribution is 5.90. The number of aliphatic carboxylic acids is 2. The zero-order valence-electron chi connectivity index (χ0n) is 14.0. The second kappa shape index (κ2) is 10.6. The number of carboxylic acids is 2. The van der Waals surface area contributed by atoms with Crippen molar-refractivity contribution < 1.29 is 19.8 Å². The van der Waals surface area contributed by atoms with E-state index in [1.807, 2.05) is 6.08 Å². The molecule has 0 saturated carbocycles. The van der Waals surface area contributed by atoms with Crippen molar-refractivity contribution in [1.29, 1.82) is 0 Å². The van der Waals surface area contributed by atoms with Crippen molar-refractivity contribution in [1.82, 2.24) is 0 Å². The van der Waals surface area contributed by atoms with Gasteiger partial charge in [0.2, 0.25) is 0 Å². The summed E-state index contributed by atoms with van der Waals surface area (Å²) in [6, 6.07) is 14.6. The number of rotatable bonds is 3.